The van der Waals surface area contributed by atoms with Crippen molar-refractivity contribution < 1.29 is 9.47 Å². The van der Waals surface area contributed by atoms with E-state index in [9.17, 15) is 0 Å². The molecule has 1 atom stereocenters. The second-order valence-corrected chi connectivity index (χ2v) is 4.28. The molecule has 3 heteroatoms. The van der Waals surface area contributed by atoms with Gasteiger partial charge < -0.3 is 9.47 Å². The van der Waals surface area contributed by atoms with Crippen molar-refractivity contribution in [3.05, 3.63) is 54.6 Å². The zero-order chi connectivity index (χ0) is 12.8. The predicted octanol–water partition coefficient (Wildman–Crippen LogP) is 4.49. The minimum absolute atomic E-state index is 0.00700. The number of alkyl halides is 1. The van der Waals surface area contributed by atoms with E-state index in [-0.39, 0.29) is 6.10 Å². The third-order valence-electron chi connectivity index (χ3n) is 2.36. The van der Waals surface area contributed by atoms with E-state index >= 15 is 0 Å². The summed E-state index contributed by atoms with van der Waals surface area (Å²) < 4.78 is 11.3. The van der Waals surface area contributed by atoms with Gasteiger partial charge in [0.25, 0.3) is 0 Å². The van der Waals surface area contributed by atoms with Gasteiger partial charge in [0.15, 0.2) is 0 Å². The Morgan fingerprint density at radius 2 is 1.44 bits per heavy atom. The van der Waals surface area contributed by atoms with Gasteiger partial charge in [0.05, 0.1) is 5.88 Å². The molecular weight excluding hydrogens is 248 g/mol. The summed E-state index contributed by atoms with van der Waals surface area (Å²) in [5.41, 5.74) is 0. The average molecular weight is 263 g/mol. The van der Waals surface area contributed by atoms with Gasteiger partial charge in [0.2, 0.25) is 0 Å². The van der Waals surface area contributed by atoms with Crippen LogP contribution in [0.5, 0.6) is 17.2 Å². The van der Waals surface area contributed by atoms with Crippen LogP contribution in [0, 0.1) is 0 Å². The van der Waals surface area contributed by atoms with E-state index in [2.05, 4.69) is 0 Å². The number of ether oxygens (including phenoxy) is 2. The van der Waals surface area contributed by atoms with Crippen LogP contribution in [0.2, 0.25) is 0 Å². The first-order chi connectivity index (χ1) is 8.78. The molecular formula is C15H15ClO2. The average Bonchev–Trinajstić information content (AvgIpc) is 2.42. The summed E-state index contributed by atoms with van der Waals surface area (Å²) in [4.78, 5) is 0. The van der Waals surface area contributed by atoms with Gasteiger partial charge in [-0.15, -0.1) is 11.6 Å². The Morgan fingerprint density at radius 3 is 2.06 bits per heavy atom. The highest BCUT2D eigenvalue weighted by atomic mass is 35.5. The van der Waals surface area contributed by atoms with Gasteiger partial charge in [-0.3, -0.25) is 0 Å². The van der Waals surface area contributed by atoms with Crippen LogP contribution in [-0.2, 0) is 0 Å². The van der Waals surface area contributed by atoms with Crippen molar-refractivity contribution in [3.63, 3.8) is 0 Å². The molecule has 0 bridgehead atoms. The minimum Gasteiger partial charge on any atom is -0.489 e. The second kappa shape index (κ2) is 6.31. The molecule has 0 aliphatic rings. The summed E-state index contributed by atoms with van der Waals surface area (Å²) in [6, 6.07) is 17.2. The van der Waals surface area contributed by atoms with E-state index in [1.807, 2.05) is 61.5 Å². The molecule has 0 aliphatic heterocycles. The van der Waals surface area contributed by atoms with E-state index in [4.69, 9.17) is 21.1 Å². The zero-order valence-electron chi connectivity index (χ0n) is 10.2. The molecule has 2 aromatic rings. The Hall–Kier alpha value is -1.67. The standard InChI is InChI=1S/C15H15ClO2/c1-12(11-16)17-14-7-9-15(10-8-14)18-13-5-3-2-4-6-13/h2-10,12H,11H2,1H3. The first kappa shape index (κ1) is 12.8. The van der Waals surface area contributed by atoms with Crippen molar-refractivity contribution in [1.82, 2.24) is 0 Å². The largest absolute Gasteiger partial charge is 0.489 e. The lowest BCUT2D eigenvalue weighted by Gasteiger charge is -2.12. The fourth-order valence-corrected chi connectivity index (χ4v) is 1.54. The molecule has 0 aromatic heterocycles. The van der Waals surface area contributed by atoms with E-state index in [1.54, 1.807) is 0 Å². The lowest BCUT2D eigenvalue weighted by atomic mass is 10.3. The molecule has 0 radical (unpaired) electrons. The Morgan fingerprint density at radius 1 is 0.889 bits per heavy atom. The Bertz CT molecular complexity index is 468. The van der Waals surface area contributed by atoms with Gasteiger partial charge in [0.1, 0.15) is 23.4 Å². The van der Waals surface area contributed by atoms with Crippen LogP contribution in [-0.4, -0.2) is 12.0 Å². The van der Waals surface area contributed by atoms with Crippen LogP contribution in [0.25, 0.3) is 0 Å². The normalized spacial score (nSPS) is 11.9. The van der Waals surface area contributed by atoms with E-state index in [0.717, 1.165) is 17.2 Å². The van der Waals surface area contributed by atoms with Crippen molar-refractivity contribution in [1.29, 1.82) is 0 Å². The Labute approximate surface area is 112 Å². The SMILES string of the molecule is CC(CCl)Oc1ccc(Oc2ccccc2)cc1. The molecule has 0 saturated heterocycles. The molecule has 0 amide bonds. The number of hydrogen-bond acceptors (Lipinski definition) is 2. The number of hydrogen-bond donors (Lipinski definition) is 0. The van der Waals surface area contributed by atoms with Crippen LogP contribution in [0.4, 0.5) is 0 Å². The maximum Gasteiger partial charge on any atom is 0.127 e. The maximum absolute atomic E-state index is 5.69. The molecule has 0 saturated carbocycles. The molecule has 0 fully saturated rings. The third-order valence-corrected chi connectivity index (χ3v) is 2.79. The number of para-hydroxylation sites is 1. The molecule has 94 valence electrons. The molecule has 2 rings (SSSR count). The van der Waals surface area contributed by atoms with Crippen LogP contribution >= 0.6 is 11.6 Å². The van der Waals surface area contributed by atoms with Gasteiger partial charge in [0, 0.05) is 0 Å². The van der Waals surface area contributed by atoms with Gasteiger partial charge in [-0.05, 0) is 43.3 Å². The molecule has 18 heavy (non-hydrogen) atoms. The number of benzene rings is 2. The highest BCUT2D eigenvalue weighted by Crippen LogP contribution is 2.23. The zero-order valence-corrected chi connectivity index (χ0v) is 10.9. The molecule has 2 nitrogen and oxygen atoms in total. The summed E-state index contributed by atoms with van der Waals surface area (Å²) in [6.45, 7) is 1.93. The van der Waals surface area contributed by atoms with Crippen LogP contribution in [0.15, 0.2) is 54.6 Å². The van der Waals surface area contributed by atoms with Crippen molar-refractivity contribution >= 4 is 11.6 Å². The van der Waals surface area contributed by atoms with Crippen LogP contribution in [0.1, 0.15) is 6.92 Å². The smallest absolute Gasteiger partial charge is 0.127 e. The molecule has 0 N–H and O–H groups in total. The van der Waals surface area contributed by atoms with Crippen LogP contribution in [0.3, 0.4) is 0 Å². The van der Waals surface area contributed by atoms with Gasteiger partial charge in [-0.1, -0.05) is 18.2 Å². The fraction of sp³-hybridized carbons (Fsp3) is 0.200. The van der Waals surface area contributed by atoms with E-state index < -0.39 is 0 Å². The second-order valence-electron chi connectivity index (χ2n) is 3.97. The predicted molar refractivity (Wildman–Crippen MR) is 73.8 cm³/mol. The van der Waals surface area contributed by atoms with Crippen molar-refractivity contribution in [2.45, 2.75) is 13.0 Å². The quantitative estimate of drug-likeness (QED) is 0.740. The summed E-state index contributed by atoms with van der Waals surface area (Å²) >= 11 is 5.69. The van der Waals surface area contributed by atoms with Crippen molar-refractivity contribution in [3.8, 4) is 17.2 Å². The Kier molecular flexibility index (Phi) is 4.48. The molecule has 2 aromatic carbocycles. The summed E-state index contributed by atoms with van der Waals surface area (Å²) in [7, 11) is 0. The van der Waals surface area contributed by atoms with Crippen molar-refractivity contribution in [2.24, 2.45) is 0 Å². The molecule has 0 heterocycles. The fourth-order valence-electron chi connectivity index (χ4n) is 1.47. The molecule has 0 aliphatic carbocycles. The topological polar surface area (TPSA) is 18.5 Å². The highest BCUT2D eigenvalue weighted by Gasteiger charge is 2.02. The molecule has 1 unspecified atom stereocenters. The summed E-state index contributed by atoms with van der Waals surface area (Å²) in [6.07, 6.45) is 0.00700. The lowest BCUT2D eigenvalue weighted by molar-refractivity contribution is 0.245. The lowest BCUT2D eigenvalue weighted by Crippen LogP contribution is -2.12. The van der Waals surface area contributed by atoms with Gasteiger partial charge >= 0.3 is 0 Å². The van der Waals surface area contributed by atoms with Crippen molar-refractivity contribution in [2.75, 3.05) is 5.88 Å². The highest BCUT2D eigenvalue weighted by molar-refractivity contribution is 6.18. The minimum atomic E-state index is 0.00700. The first-order valence-electron chi connectivity index (χ1n) is 5.83. The molecule has 0 spiro atoms. The maximum atomic E-state index is 5.69. The van der Waals surface area contributed by atoms with Gasteiger partial charge in [-0.25, -0.2) is 0 Å². The number of halogens is 1. The Balaban J connectivity index is 2.00. The monoisotopic (exact) mass is 262 g/mol. The summed E-state index contributed by atoms with van der Waals surface area (Å²) in [5.74, 6) is 2.87. The summed E-state index contributed by atoms with van der Waals surface area (Å²) in [5, 5.41) is 0. The third kappa shape index (κ3) is 3.67. The van der Waals surface area contributed by atoms with E-state index in [1.165, 1.54) is 0 Å². The van der Waals surface area contributed by atoms with Gasteiger partial charge in [-0.2, -0.15) is 0 Å². The number of rotatable bonds is 5. The van der Waals surface area contributed by atoms with E-state index in [0.29, 0.717) is 5.88 Å². The first-order valence-corrected chi connectivity index (χ1v) is 6.37. The van der Waals surface area contributed by atoms with Crippen LogP contribution < -0.4 is 9.47 Å².